The maximum Gasteiger partial charge on any atom is 0.160 e. The number of pyridine rings is 1. The van der Waals surface area contributed by atoms with Crippen molar-refractivity contribution in [3.63, 3.8) is 0 Å². The van der Waals surface area contributed by atoms with Gasteiger partial charge in [-0.05, 0) is 64.5 Å². The largest absolute Gasteiger partial charge is 0.455 e. The van der Waals surface area contributed by atoms with Crippen LogP contribution in [-0.2, 0) is 0 Å². The number of para-hydroxylation sites is 5. The summed E-state index contributed by atoms with van der Waals surface area (Å²) in [5.41, 5.74) is 17.2. The highest BCUT2D eigenvalue weighted by atomic mass is 16.3. The van der Waals surface area contributed by atoms with Gasteiger partial charge >= 0.3 is 0 Å². The first kappa shape index (κ1) is 39.7. The van der Waals surface area contributed by atoms with Gasteiger partial charge in [0.15, 0.2) is 5.82 Å². The fraction of sp³-hybridized carbons (Fsp3) is 0. The van der Waals surface area contributed by atoms with Crippen LogP contribution in [0.25, 0.3) is 139 Å². The molecular weight excluding hydrogens is 853 g/mol. The van der Waals surface area contributed by atoms with Gasteiger partial charge in [-0.15, -0.1) is 0 Å². The number of benzene rings is 10. The normalized spacial score (nSPS) is 11.7. The Morgan fingerprint density at radius 3 is 1.67 bits per heavy atom. The predicted octanol–water partition coefficient (Wildman–Crippen LogP) is 17.2. The molecule has 4 aromatic heterocycles. The van der Waals surface area contributed by atoms with E-state index in [0.29, 0.717) is 5.82 Å². The second-order valence-corrected chi connectivity index (χ2v) is 17.9. The Labute approximate surface area is 403 Å². The first-order valence-corrected chi connectivity index (χ1v) is 23.7. The zero-order chi connectivity index (χ0) is 46.1. The minimum absolute atomic E-state index is 0.653. The van der Waals surface area contributed by atoms with Crippen molar-refractivity contribution in [2.75, 3.05) is 0 Å². The van der Waals surface area contributed by atoms with Gasteiger partial charge in [-0.1, -0.05) is 200 Å². The lowest BCUT2D eigenvalue weighted by atomic mass is 9.93. The molecule has 0 aliphatic heterocycles. The summed E-state index contributed by atoms with van der Waals surface area (Å²) in [7, 11) is 0. The number of fused-ring (bicyclic) bond motifs is 10. The Hall–Kier alpha value is -9.45. The minimum atomic E-state index is 0.653. The highest BCUT2D eigenvalue weighted by Crippen LogP contribution is 2.44. The molecule has 14 rings (SSSR count). The predicted molar refractivity (Wildman–Crippen MR) is 289 cm³/mol. The monoisotopic (exact) mass is 892 g/mol. The minimum Gasteiger partial charge on any atom is -0.455 e. The molecule has 0 aliphatic rings. The first-order chi connectivity index (χ1) is 34.7. The number of aromatic nitrogens is 4. The number of rotatable bonds is 7. The number of furan rings is 1. The molecule has 0 amide bonds. The van der Waals surface area contributed by atoms with E-state index in [1.54, 1.807) is 0 Å². The van der Waals surface area contributed by atoms with Crippen molar-refractivity contribution in [3.05, 3.63) is 243 Å². The Balaban J connectivity index is 0.857. The van der Waals surface area contributed by atoms with Gasteiger partial charge in [0.25, 0.3) is 0 Å². The summed E-state index contributed by atoms with van der Waals surface area (Å²) in [6.45, 7) is 0. The Morgan fingerprint density at radius 2 is 0.914 bits per heavy atom. The molecule has 0 aliphatic carbocycles. The highest BCUT2D eigenvalue weighted by Gasteiger charge is 2.22. The Morgan fingerprint density at radius 1 is 0.329 bits per heavy atom. The molecule has 0 N–H and O–H groups in total. The third kappa shape index (κ3) is 6.44. The first-order valence-electron chi connectivity index (χ1n) is 23.7. The summed E-state index contributed by atoms with van der Waals surface area (Å²) in [5, 5.41) is 8.05. The lowest BCUT2D eigenvalue weighted by Crippen LogP contribution is -1.96. The summed E-state index contributed by atoms with van der Waals surface area (Å²) in [5.74, 6) is 0.653. The van der Waals surface area contributed by atoms with Crippen LogP contribution in [-0.4, -0.2) is 19.5 Å². The summed E-state index contributed by atoms with van der Waals surface area (Å²) in [6.07, 6.45) is 0. The molecule has 0 spiro atoms. The van der Waals surface area contributed by atoms with E-state index in [9.17, 15) is 0 Å². The molecule has 0 saturated heterocycles. The van der Waals surface area contributed by atoms with E-state index in [0.717, 1.165) is 111 Å². The molecule has 5 heteroatoms. The van der Waals surface area contributed by atoms with E-state index in [-0.39, 0.29) is 0 Å². The molecule has 0 saturated carbocycles. The SMILES string of the molecule is c1ccc(-c2cc(-c3cccc4c3oc3ccccc34)nc(-c3ccc(-c4ccc(-c5cccc6c5nc(-c5ccccc5)c5c6ccc6c5c5ccccc5n6-c5ccccc5)cc4)cc3)n2)cc1. The van der Waals surface area contributed by atoms with Gasteiger partial charge in [-0.3, -0.25) is 0 Å². The molecular formula is C65H40N4O. The molecule has 0 unspecified atom stereocenters. The van der Waals surface area contributed by atoms with E-state index in [4.69, 9.17) is 19.4 Å². The second kappa shape index (κ2) is 16.1. The topological polar surface area (TPSA) is 56.7 Å². The van der Waals surface area contributed by atoms with Gasteiger partial charge in [-0.25, -0.2) is 15.0 Å². The summed E-state index contributed by atoms with van der Waals surface area (Å²) in [6, 6.07) is 85.5. The zero-order valence-corrected chi connectivity index (χ0v) is 37.8. The van der Waals surface area contributed by atoms with Crippen molar-refractivity contribution in [1.29, 1.82) is 0 Å². The second-order valence-electron chi connectivity index (χ2n) is 17.9. The van der Waals surface area contributed by atoms with Crippen LogP contribution in [0.1, 0.15) is 0 Å². The molecule has 0 bridgehead atoms. The number of hydrogen-bond acceptors (Lipinski definition) is 4. The van der Waals surface area contributed by atoms with Gasteiger partial charge in [0.2, 0.25) is 0 Å². The van der Waals surface area contributed by atoms with Gasteiger partial charge in [0.05, 0.1) is 33.6 Å². The van der Waals surface area contributed by atoms with Gasteiger partial charge in [0.1, 0.15) is 11.2 Å². The van der Waals surface area contributed by atoms with Crippen molar-refractivity contribution in [1.82, 2.24) is 19.5 Å². The summed E-state index contributed by atoms with van der Waals surface area (Å²) < 4.78 is 8.85. The molecule has 0 atom stereocenters. The fourth-order valence-electron chi connectivity index (χ4n) is 10.5. The quantitative estimate of drug-likeness (QED) is 0.150. The lowest BCUT2D eigenvalue weighted by Gasteiger charge is -2.15. The molecule has 5 nitrogen and oxygen atoms in total. The van der Waals surface area contributed by atoms with Crippen molar-refractivity contribution in [3.8, 4) is 73.1 Å². The standard InChI is InChI=1S/C65H40N4O/c1-4-16-44(17-5-1)55-40-56(53-27-15-26-52-49-22-11-13-29-59(49)70-64(52)53)67-65(66-55)46-36-32-42(33-37-46)41-30-34-43(35-31-41)48-24-14-25-51-50-38-39-58-60(61(50)62(68-63(48)51)45-18-6-2-7-19-45)54-23-10-12-28-57(54)69(58)47-20-8-3-9-21-47/h1-40H. The molecule has 0 radical (unpaired) electrons. The van der Waals surface area contributed by atoms with Crippen LogP contribution < -0.4 is 0 Å². The smallest absolute Gasteiger partial charge is 0.160 e. The van der Waals surface area contributed by atoms with Crippen molar-refractivity contribution < 1.29 is 4.42 Å². The molecule has 70 heavy (non-hydrogen) atoms. The van der Waals surface area contributed by atoms with Crippen LogP contribution in [0.3, 0.4) is 0 Å². The molecule has 4 heterocycles. The number of nitrogens with zero attached hydrogens (tertiary/aromatic N) is 4. The maximum absolute atomic E-state index is 6.47. The average molecular weight is 893 g/mol. The van der Waals surface area contributed by atoms with E-state index in [1.807, 2.05) is 36.4 Å². The van der Waals surface area contributed by atoms with E-state index >= 15 is 0 Å². The summed E-state index contributed by atoms with van der Waals surface area (Å²) >= 11 is 0. The third-order valence-electron chi connectivity index (χ3n) is 13.8. The molecule has 14 aromatic rings. The molecule has 0 fully saturated rings. The van der Waals surface area contributed by atoms with E-state index in [2.05, 4.69) is 211 Å². The average Bonchev–Trinajstić information content (AvgIpc) is 4.00. The van der Waals surface area contributed by atoms with Crippen LogP contribution in [0.4, 0.5) is 0 Å². The van der Waals surface area contributed by atoms with Crippen molar-refractivity contribution in [2.45, 2.75) is 0 Å². The Kier molecular flexibility index (Phi) is 9.14. The van der Waals surface area contributed by atoms with Crippen LogP contribution in [0.2, 0.25) is 0 Å². The lowest BCUT2D eigenvalue weighted by molar-refractivity contribution is 0.670. The van der Waals surface area contributed by atoms with Crippen LogP contribution >= 0.6 is 0 Å². The fourth-order valence-corrected chi connectivity index (χ4v) is 10.5. The maximum atomic E-state index is 6.47. The van der Waals surface area contributed by atoms with Crippen molar-refractivity contribution in [2.24, 2.45) is 0 Å². The van der Waals surface area contributed by atoms with Crippen LogP contribution in [0, 0.1) is 0 Å². The number of hydrogen-bond donors (Lipinski definition) is 0. The van der Waals surface area contributed by atoms with Gasteiger partial charge in [-0.2, -0.15) is 0 Å². The molecule has 326 valence electrons. The van der Waals surface area contributed by atoms with E-state index in [1.165, 1.54) is 21.7 Å². The van der Waals surface area contributed by atoms with Gasteiger partial charge in [0, 0.05) is 65.8 Å². The van der Waals surface area contributed by atoms with Crippen LogP contribution in [0.5, 0.6) is 0 Å². The van der Waals surface area contributed by atoms with Gasteiger partial charge < -0.3 is 8.98 Å². The van der Waals surface area contributed by atoms with Crippen LogP contribution in [0.15, 0.2) is 247 Å². The summed E-state index contributed by atoms with van der Waals surface area (Å²) in [4.78, 5) is 16.0. The zero-order valence-electron chi connectivity index (χ0n) is 37.8. The molecule has 10 aromatic carbocycles. The van der Waals surface area contributed by atoms with Crippen molar-refractivity contribution >= 4 is 65.4 Å². The van der Waals surface area contributed by atoms with E-state index < -0.39 is 0 Å². The third-order valence-corrected chi connectivity index (χ3v) is 13.8. The highest BCUT2D eigenvalue weighted by molar-refractivity contribution is 6.29. The Bertz CT molecular complexity index is 4310.